The molecule has 0 aliphatic heterocycles. The van der Waals surface area contributed by atoms with E-state index in [0.717, 1.165) is 21.3 Å². The van der Waals surface area contributed by atoms with Gasteiger partial charge in [0, 0.05) is 10.0 Å². The van der Waals surface area contributed by atoms with Crippen LogP contribution in [0.3, 0.4) is 0 Å². The van der Waals surface area contributed by atoms with Crippen LogP contribution in [0.4, 0.5) is 0 Å². The maximum Gasteiger partial charge on any atom is 0.124 e. The Bertz CT molecular complexity index is 616. The summed E-state index contributed by atoms with van der Waals surface area (Å²) < 4.78 is 6.55. The van der Waals surface area contributed by atoms with Crippen molar-refractivity contribution in [2.75, 3.05) is 6.61 Å². The molecule has 0 saturated heterocycles. The highest BCUT2D eigenvalue weighted by Crippen LogP contribution is 2.41. The number of halogens is 4. The number of hydrogen-bond donors (Lipinski definition) is 0. The minimum absolute atomic E-state index is 0.430. The van der Waals surface area contributed by atoms with Gasteiger partial charge in [0.05, 0.1) is 22.0 Å². The first-order chi connectivity index (χ1) is 9.54. The molecule has 0 fully saturated rings. The molecule has 5 heteroatoms. The molecule has 2 rings (SSSR count). The number of alkyl halides is 1. The maximum atomic E-state index is 6.58. The van der Waals surface area contributed by atoms with Gasteiger partial charge in [-0.25, -0.2) is 0 Å². The highest BCUT2D eigenvalue weighted by atomic mass is 79.9. The molecule has 0 N–H and O–H groups in total. The van der Waals surface area contributed by atoms with Crippen molar-refractivity contribution in [3.05, 3.63) is 62.0 Å². The van der Waals surface area contributed by atoms with Gasteiger partial charge in [0.25, 0.3) is 0 Å². The van der Waals surface area contributed by atoms with Gasteiger partial charge < -0.3 is 4.74 Å². The van der Waals surface area contributed by atoms with Crippen molar-refractivity contribution in [2.24, 2.45) is 0 Å². The molecule has 2 aromatic carbocycles. The SMILES string of the molecule is CCOc1ccc(Br)cc1C(Cl)c1cccc(Cl)c1Cl. The quantitative estimate of drug-likeness (QED) is 0.539. The monoisotopic (exact) mass is 392 g/mol. The number of hydrogen-bond acceptors (Lipinski definition) is 1. The highest BCUT2D eigenvalue weighted by molar-refractivity contribution is 9.10. The van der Waals surface area contributed by atoms with Crippen molar-refractivity contribution in [3.63, 3.8) is 0 Å². The molecule has 1 nitrogen and oxygen atoms in total. The Balaban J connectivity index is 2.49. The Morgan fingerprint density at radius 2 is 1.90 bits per heavy atom. The van der Waals surface area contributed by atoms with E-state index in [4.69, 9.17) is 39.5 Å². The van der Waals surface area contributed by atoms with Crippen LogP contribution in [0.5, 0.6) is 5.75 Å². The molecule has 2 aromatic rings. The van der Waals surface area contributed by atoms with Crippen LogP contribution in [0.15, 0.2) is 40.9 Å². The zero-order valence-corrected chi connectivity index (χ0v) is 14.5. The van der Waals surface area contributed by atoms with Gasteiger partial charge in [-0.2, -0.15) is 0 Å². The molecule has 0 saturated carbocycles. The Kier molecular flexibility index (Phi) is 5.62. The first kappa shape index (κ1) is 16.0. The van der Waals surface area contributed by atoms with E-state index < -0.39 is 5.38 Å². The molecule has 106 valence electrons. The van der Waals surface area contributed by atoms with Gasteiger partial charge >= 0.3 is 0 Å². The van der Waals surface area contributed by atoms with Crippen molar-refractivity contribution in [2.45, 2.75) is 12.3 Å². The summed E-state index contributed by atoms with van der Waals surface area (Å²) in [6.07, 6.45) is 0. The fraction of sp³-hybridized carbons (Fsp3) is 0.200. The van der Waals surface area contributed by atoms with Gasteiger partial charge in [0.15, 0.2) is 0 Å². The number of rotatable bonds is 4. The topological polar surface area (TPSA) is 9.23 Å². The van der Waals surface area contributed by atoms with Crippen LogP contribution in [0, 0.1) is 0 Å². The number of benzene rings is 2. The van der Waals surface area contributed by atoms with Crippen LogP contribution < -0.4 is 4.74 Å². The molecule has 0 aliphatic carbocycles. The van der Waals surface area contributed by atoms with Crippen LogP contribution in [0.1, 0.15) is 23.4 Å². The summed E-state index contributed by atoms with van der Waals surface area (Å²) >= 11 is 22.3. The first-order valence-corrected chi connectivity index (χ1v) is 8.03. The van der Waals surface area contributed by atoms with Gasteiger partial charge in [0.2, 0.25) is 0 Å². The van der Waals surface area contributed by atoms with Crippen molar-refractivity contribution in [1.29, 1.82) is 0 Å². The summed E-state index contributed by atoms with van der Waals surface area (Å²) in [7, 11) is 0. The van der Waals surface area contributed by atoms with E-state index >= 15 is 0 Å². The van der Waals surface area contributed by atoms with Crippen molar-refractivity contribution in [1.82, 2.24) is 0 Å². The predicted molar refractivity (Wildman–Crippen MR) is 89.5 cm³/mol. The molecule has 0 aliphatic rings. The molecule has 1 unspecified atom stereocenters. The predicted octanol–water partition coefficient (Wildman–Crippen LogP) is 6.48. The summed E-state index contributed by atoms with van der Waals surface area (Å²) in [5.74, 6) is 0.742. The smallest absolute Gasteiger partial charge is 0.124 e. The van der Waals surface area contributed by atoms with Crippen LogP contribution in [0.2, 0.25) is 10.0 Å². The van der Waals surface area contributed by atoms with E-state index in [1.165, 1.54) is 0 Å². The lowest BCUT2D eigenvalue weighted by molar-refractivity contribution is 0.337. The highest BCUT2D eigenvalue weighted by Gasteiger charge is 2.20. The molecule has 0 heterocycles. The molecule has 0 bridgehead atoms. The molecule has 0 aromatic heterocycles. The molecule has 0 radical (unpaired) electrons. The van der Waals surface area contributed by atoms with Crippen LogP contribution in [-0.2, 0) is 0 Å². The Morgan fingerprint density at radius 3 is 2.60 bits per heavy atom. The van der Waals surface area contributed by atoms with E-state index in [9.17, 15) is 0 Å². The van der Waals surface area contributed by atoms with Crippen LogP contribution in [0.25, 0.3) is 0 Å². The van der Waals surface area contributed by atoms with Gasteiger partial charge in [-0.05, 0) is 36.8 Å². The second kappa shape index (κ2) is 7.04. The molecular weight excluding hydrogens is 382 g/mol. The minimum Gasteiger partial charge on any atom is -0.494 e. The molecular formula is C15H12BrCl3O. The van der Waals surface area contributed by atoms with E-state index in [1.54, 1.807) is 6.07 Å². The third-order valence-corrected chi connectivity index (χ3v) is 4.60. The zero-order chi connectivity index (χ0) is 14.7. The van der Waals surface area contributed by atoms with Crippen molar-refractivity contribution in [3.8, 4) is 5.75 Å². The molecule has 0 amide bonds. The van der Waals surface area contributed by atoms with Crippen LogP contribution in [-0.4, -0.2) is 6.61 Å². The third-order valence-electron chi connectivity index (χ3n) is 2.80. The first-order valence-electron chi connectivity index (χ1n) is 6.04. The summed E-state index contributed by atoms with van der Waals surface area (Å²) in [5, 5.41) is 0.527. The Morgan fingerprint density at radius 1 is 1.15 bits per heavy atom. The van der Waals surface area contributed by atoms with E-state index in [1.807, 2.05) is 37.3 Å². The summed E-state index contributed by atoms with van der Waals surface area (Å²) in [6.45, 7) is 2.50. The fourth-order valence-electron chi connectivity index (χ4n) is 1.89. The third kappa shape index (κ3) is 3.43. The largest absolute Gasteiger partial charge is 0.494 e. The normalized spacial score (nSPS) is 12.2. The molecule has 20 heavy (non-hydrogen) atoms. The van der Waals surface area contributed by atoms with Crippen molar-refractivity contribution >= 4 is 50.7 Å². The minimum atomic E-state index is -0.430. The fourth-order valence-corrected chi connectivity index (χ4v) is 3.09. The summed E-state index contributed by atoms with van der Waals surface area (Å²) in [5.41, 5.74) is 1.62. The lowest BCUT2D eigenvalue weighted by Crippen LogP contribution is -2.01. The molecule has 0 spiro atoms. The average molecular weight is 395 g/mol. The Labute approximate surface area is 141 Å². The second-order valence-corrected chi connectivity index (χ2v) is 6.26. The number of ether oxygens (including phenoxy) is 1. The van der Waals surface area contributed by atoms with Gasteiger partial charge in [-0.3, -0.25) is 0 Å². The molecule has 1 atom stereocenters. The second-order valence-electron chi connectivity index (χ2n) is 4.12. The standard InChI is InChI=1S/C15H12BrCl3O/c1-2-20-13-7-6-9(16)8-11(13)14(18)10-4-3-5-12(17)15(10)19/h3-8,14H,2H2,1H3. The summed E-state index contributed by atoms with van der Waals surface area (Å²) in [4.78, 5) is 0. The van der Waals surface area contributed by atoms with Crippen LogP contribution >= 0.6 is 50.7 Å². The van der Waals surface area contributed by atoms with Crippen molar-refractivity contribution < 1.29 is 4.74 Å². The van der Waals surface area contributed by atoms with E-state index in [0.29, 0.717) is 16.7 Å². The lowest BCUT2D eigenvalue weighted by Gasteiger charge is -2.17. The maximum absolute atomic E-state index is 6.58. The lowest BCUT2D eigenvalue weighted by atomic mass is 10.0. The zero-order valence-electron chi connectivity index (χ0n) is 10.7. The average Bonchev–Trinajstić information content (AvgIpc) is 2.43. The van der Waals surface area contributed by atoms with Gasteiger partial charge in [-0.15, -0.1) is 11.6 Å². The van der Waals surface area contributed by atoms with E-state index in [-0.39, 0.29) is 0 Å². The van der Waals surface area contributed by atoms with Gasteiger partial charge in [-0.1, -0.05) is 51.3 Å². The Hall–Kier alpha value is -0.410. The summed E-state index contributed by atoms with van der Waals surface area (Å²) in [6, 6.07) is 11.2. The van der Waals surface area contributed by atoms with E-state index in [2.05, 4.69) is 15.9 Å². The van der Waals surface area contributed by atoms with Gasteiger partial charge in [0.1, 0.15) is 5.75 Å².